The number of fused-ring (bicyclic) bond motifs is 1. The highest BCUT2D eigenvalue weighted by Crippen LogP contribution is 2.35. The summed E-state index contributed by atoms with van der Waals surface area (Å²) in [5.74, 6) is 1.14. The van der Waals surface area contributed by atoms with Crippen LogP contribution in [0.2, 0.25) is 0 Å². The Labute approximate surface area is 214 Å². The van der Waals surface area contributed by atoms with Crippen molar-refractivity contribution in [3.8, 4) is 11.5 Å². The van der Waals surface area contributed by atoms with Gasteiger partial charge in [0, 0.05) is 6.42 Å². The van der Waals surface area contributed by atoms with E-state index in [2.05, 4.69) is 15.1 Å². The number of aromatic amines is 1. The van der Waals surface area contributed by atoms with Crippen LogP contribution >= 0.6 is 22.6 Å². The minimum Gasteiger partial charge on any atom is -0.493 e. The van der Waals surface area contributed by atoms with Crippen molar-refractivity contribution in [2.45, 2.75) is 23.1 Å². The van der Waals surface area contributed by atoms with Gasteiger partial charge in [-0.1, -0.05) is 40.8 Å². The second-order valence-electron chi connectivity index (χ2n) is 7.66. The average Bonchev–Trinajstić information content (AvgIpc) is 3.23. The molecule has 0 saturated heterocycles. The van der Waals surface area contributed by atoms with E-state index in [1.165, 1.54) is 26.4 Å². The van der Waals surface area contributed by atoms with Gasteiger partial charge in [-0.15, -0.1) is 0 Å². The van der Waals surface area contributed by atoms with E-state index in [0.717, 1.165) is 16.8 Å². The van der Waals surface area contributed by atoms with E-state index in [-0.39, 0.29) is 23.3 Å². The molecule has 2 aromatic heterocycles. The Hall–Kier alpha value is -3.23. The Morgan fingerprint density at radius 2 is 1.72 bits per heavy atom. The van der Waals surface area contributed by atoms with Crippen LogP contribution in [0.1, 0.15) is 38.7 Å². The number of ether oxygens (including phenoxy) is 2. The third kappa shape index (κ3) is 5.01. The van der Waals surface area contributed by atoms with Crippen LogP contribution in [0, 0.1) is 0 Å². The zero-order chi connectivity index (χ0) is 26.2. The Morgan fingerprint density at radius 1 is 1.06 bits per heavy atom. The van der Waals surface area contributed by atoms with Crippen molar-refractivity contribution >= 4 is 33.6 Å². The Morgan fingerprint density at radius 3 is 2.31 bits per heavy atom. The van der Waals surface area contributed by atoms with Crippen molar-refractivity contribution in [2.75, 3.05) is 14.2 Å². The average molecular weight is 620 g/mol. The third-order valence-corrected chi connectivity index (χ3v) is 6.64. The SMILES string of the molecule is COc1ccc(Cc2nc3c(c(C(F)F)nn3[C@@H](I)c3ccc(C(F)(F)F)cc3)c(=O)[nH]2)cc1OC. The standard InChI is InChI=1S/C23H18F5IN4O3/c1-35-14-8-3-11(9-15(14)36-2)10-16-30-21-17(22(34)31-16)18(19(24)25)32-33(21)20(29)12-4-6-13(7-5-12)23(26,27)28/h3-9,19-20H,10H2,1-2H3,(H,30,31,34)/t20-/m1/s1. The zero-order valence-electron chi connectivity index (χ0n) is 18.7. The highest BCUT2D eigenvalue weighted by molar-refractivity contribution is 14.1. The van der Waals surface area contributed by atoms with Crippen molar-refractivity contribution in [3.63, 3.8) is 0 Å². The summed E-state index contributed by atoms with van der Waals surface area (Å²) in [5.41, 5.74) is -1.46. The molecule has 0 aliphatic rings. The lowest BCUT2D eigenvalue weighted by Gasteiger charge is -2.14. The lowest BCUT2D eigenvalue weighted by Crippen LogP contribution is -2.14. The summed E-state index contributed by atoms with van der Waals surface area (Å²) in [6.07, 6.45) is -7.45. The number of nitrogens with one attached hydrogen (secondary N) is 1. The molecule has 0 aliphatic heterocycles. The van der Waals surface area contributed by atoms with Crippen LogP contribution in [0.5, 0.6) is 11.5 Å². The van der Waals surface area contributed by atoms with Crippen LogP contribution in [0.15, 0.2) is 47.3 Å². The molecule has 0 saturated carbocycles. The summed E-state index contributed by atoms with van der Waals surface area (Å²) in [6, 6.07) is 9.34. The predicted octanol–water partition coefficient (Wildman–Crippen LogP) is 5.67. The van der Waals surface area contributed by atoms with Crippen molar-refractivity contribution < 1.29 is 31.4 Å². The van der Waals surface area contributed by atoms with Crippen LogP contribution in [-0.2, 0) is 12.6 Å². The first-order valence-corrected chi connectivity index (χ1v) is 11.6. The van der Waals surface area contributed by atoms with E-state index >= 15 is 0 Å². The van der Waals surface area contributed by atoms with Crippen molar-refractivity contribution in [2.24, 2.45) is 0 Å². The molecule has 0 spiro atoms. The van der Waals surface area contributed by atoms with Crippen molar-refractivity contribution in [3.05, 3.63) is 81.0 Å². The molecular formula is C23H18F5IN4O3. The first kappa shape index (κ1) is 25.9. The van der Waals surface area contributed by atoms with E-state index < -0.39 is 33.5 Å². The fourth-order valence-electron chi connectivity index (χ4n) is 3.67. The molecule has 0 unspecified atom stereocenters. The maximum Gasteiger partial charge on any atom is 0.416 e. The summed E-state index contributed by atoms with van der Waals surface area (Å²) in [6.45, 7) is 0. The number of rotatable bonds is 7. The zero-order valence-corrected chi connectivity index (χ0v) is 20.9. The lowest BCUT2D eigenvalue weighted by atomic mass is 10.1. The molecule has 13 heteroatoms. The maximum atomic E-state index is 13.7. The molecule has 0 bridgehead atoms. The summed E-state index contributed by atoms with van der Waals surface area (Å²) < 4.78 is 77.1. The van der Waals surface area contributed by atoms with Crippen LogP contribution in [-0.4, -0.2) is 34.0 Å². The minimum atomic E-state index is -4.52. The van der Waals surface area contributed by atoms with Gasteiger partial charge in [-0.05, 0) is 35.4 Å². The lowest BCUT2D eigenvalue weighted by molar-refractivity contribution is -0.137. The first-order valence-electron chi connectivity index (χ1n) is 10.3. The van der Waals surface area contributed by atoms with E-state index in [1.54, 1.807) is 18.2 Å². The van der Waals surface area contributed by atoms with Crippen LogP contribution < -0.4 is 15.0 Å². The van der Waals surface area contributed by atoms with Gasteiger partial charge < -0.3 is 14.5 Å². The Kier molecular flexibility index (Phi) is 7.20. The Bertz CT molecular complexity index is 1450. The molecular weight excluding hydrogens is 602 g/mol. The predicted molar refractivity (Wildman–Crippen MR) is 129 cm³/mol. The third-order valence-electron chi connectivity index (χ3n) is 5.39. The fourth-order valence-corrected chi connectivity index (χ4v) is 4.47. The molecule has 36 heavy (non-hydrogen) atoms. The number of aromatic nitrogens is 4. The number of halogens is 6. The largest absolute Gasteiger partial charge is 0.493 e. The topological polar surface area (TPSA) is 82.0 Å². The molecule has 1 atom stereocenters. The Balaban J connectivity index is 1.79. The van der Waals surface area contributed by atoms with Gasteiger partial charge in [0.25, 0.3) is 12.0 Å². The van der Waals surface area contributed by atoms with Gasteiger partial charge in [-0.3, -0.25) is 4.79 Å². The highest BCUT2D eigenvalue weighted by Gasteiger charge is 2.31. The van der Waals surface area contributed by atoms with Crippen LogP contribution in [0.3, 0.4) is 0 Å². The molecule has 0 amide bonds. The second kappa shape index (κ2) is 10.0. The summed E-state index contributed by atoms with van der Waals surface area (Å²) in [4.78, 5) is 19.7. The molecule has 7 nitrogen and oxygen atoms in total. The molecule has 0 radical (unpaired) electrons. The molecule has 4 rings (SSSR count). The number of hydrogen-bond acceptors (Lipinski definition) is 5. The number of H-pyrrole nitrogens is 1. The monoisotopic (exact) mass is 620 g/mol. The number of hydrogen-bond donors (Lipinski definition) is 1. The molecule has 1 N–H and O–H groups in total. The maximum absolute atomic E-state index is 13.7. The number of nitrogens with zero attached hydrogens (tertiary/aromatic N) is 3. The van der Waals surface area contributed by atoms with E-state index in [0.29, 0.717) is 22.6 Å². The van der Waals surface area contributed by atoms with Gasteiger partial charge in [0.1, 0.15) is 21.0 Å². The molecule has 190 valence electrons. The summed E-state index contributed by atoms with van der Waals surface area (Å²) >= 11 is 1.85. The van der Waals surface area contributed by atoms with Gasteiger partial charge in [0.05, 0.1) is 19.8 Å². The first-order chi connectivity index (χ1) is 17.0. The molecule has 0 fully saturated rings. The van der Waals surface area contributed by atoms with Gasteiger partial charge in [0.2, 0.25) is 0 Å². The van der Waals surface area contributed by atoms with Crippen LogP contribution in [0.4, 0.5) is 22.0 Å². The highest BCUT2D eigenvalue weighted by atomic mass is 127. The van der Waals surface area contributed by atoms with E-state index in [9.17, 15) is 26.7 Å². The molecule has 2 aromatic carbocycles. The number of benzene rings is 2. The smallest absolute Gasteiger partial charge is 0.416 e. The van der Waals surface area contributed by atoms with E-state index in [4.69, 9.17) is 9.47 Å². The van der Waals surface area contributed by atoms with Crippen molar-refractivity contribution in [1.29, 1.82) is 0 Å². The van der Waals surface area contributed by atoms with Gasteiger partial charge in [-0.2, -0.15) is 18.3 Å². The number of alkyl halides is 6. The van der Waals surface area contributed by atoms with Crippen molar-refractivity contribution in [1.82, 2.24) is 19.7 Å². The molecule has 0 aliphatic carbocycles. The minimum absolute atomic E-state index is 0.108. The number of methoxy groups -OCH3 is 2. The van der Waals surface area contributed by atoms with Gasteiger partial charge >= 0.3 is 6.18 Å². The van der Waals surface area contributed by atoms with Crippen LogP contribution in [0.25, 0.3) is 11.0 Å². The quantitative estimate of drug-likeness (QED) is 0.164. The summed E-state index contributed by atoms with van der Waals surface area (Å²) in [5, 5.41) is 3.53. The molecule has 2 heterocycles. The van der Waals surface area contributed by atoms with Gasteiger partial charge in [-0.25, -0.2) is 18.4 Å². The summed E-state index contributed by atoms with van der Waals surface area (Å²) in [7, 11) is 2.96. The van der Waals surface area contributed by atoms with E-state index in [1.807, 2.05) is 22.6 Å². The fraction of sp³-hybridized carbons (Fsp3) is 0.261. The second-order valence-corrected chi connectivity index (χ2v) is 8.84. The molecule has 4 aromatic rings. The van der Waals surface area contributed by atoms with Gasteiger partial charge in [0.15, 0.2) is 17.1 Å². The normalized spacial score (nSPS) is 12.8.